The van der Waals surface area contributed by atoms with Crippen molar-refractivity contribution in [2.75, 3.05) is 16.8 Å². The average molecular weight is 458 g/mol. The largest absolute Gasteiger partial charge is 0.311 e. The predicted octanol–water partition coefficient (Wildman–Crippen LogP) is 4.35. The third kappa shape index (κ3) is 4.12. The van der Waals surface area contributed by atoms with E-state index in [4.69, 9.17) is 0 Å². The molecular weight excluding hydrogens is 434 g/mol. The Bertz CT molecular complexity index is 1280. The number of nitrogens with one attached hydrogen (secondary N) is 1. The quantitative estimate of drug-likeness (QED) is 0.593. The van der Waals surface area contributed by atoms with Gasteiger partial charge in [0.1, 0.15) is 11.2 Å². The number of hydrogen-bond acceptors (Lipinski definition) is 6. The maximum atomic E-state index is 13.1. The van der Waals surface area contributed by atoms with Crippen LogP contribution in [0.2, 0.25) is 0 Å². The Hall–Kier alpha value is -3.57. The summed E-state index contributed by atoms with van der Waals surface area (Å²) in [7, 11) is 0. The van der Waals surface area contributed by atoms with Crippen molar-refractivity contribution >= 4 is 34.7 Å². The summed E-state index contributed by atoms with van der Waals surface area (Å²) >= 11 is 1.62. The molecule has 1 aromatic carbocycles. The minimum Gasteiger partial charge on any atom is -0.311 e. The number of thiazole rings is 1. The number of carbonyl (C=O) groups is 2. The highest BCUT2D eigenvalue weighted by atomic mass is 32.1. The summed E-state index contributed by atoms with van der Waals surface area (Å²) in [4.78, 5) is 37.0. The Kier molecular flexibility index (Phi) is 5.43. The first kappa shape index (κ1) is 21.3. The molecule has 1 N–H and O–H groups in total. The Morgan fingerprint density at radius 2 is 2.15 bits per heavy atom. The van der Waals surface area contributed by atoms with E-state index in [1.54, 1.807) is 34.6 Å². The Balaban J connectivity index is 1.27. The first-order valence-corrected chi connectivity index (χ1v) is 11.8. The molecule has 5 rings (SSSR count). The highest BCUT2D eigenvalue weighted by molar-refractivity contribution is 7.15. The van der Waals surface area contributed by atoms with Gasteiger partial charge >= 0.3 is 0 Å². The average Bonchev–Trinajstić information content (AvgIpc) is 3.48. The lowest BCUT2D eigenvalue weighted by atomic mass is 9.83. The van der Waals surface area contributed by atoms with Crippen molar-refractivity contribution in [2.45, 2.75) is 32.6 Å². The van der Waals surface area contributed by atoms with E-state index < -0.39 is 5.41 Å². The van der Waals surface area contributed by atoms with Crippen LogP contribution < -0.4 is 10.2 Å². The number of pyridine rings is 1. The third-order valence-corrected chi connectivity index (χ3v) is 7.31. The fraction of sp³-hybridized carbons (Fsp3) is 0.320. The minimum atomic E-state index is -0.895. The molecule has 1 saturated carbocycles. The van der Waals surface area contributed by atoms with Gasteiger partial charge in [-0.15, -0.1) is 11.3 Å². The fourth-order valence-electron chi connectivity index (χ4n) is 4.49. The summed E-state index contributed by atoms with van der Waals surface area (Å²) in [5.41, 5.74) is 1.69. The summed E-state index contributed by atoms with van der Waals surface area (Å²) in [5.74, 6) is 0.242. The number of nitrogens with zero attached hydrogens (tertiary/aromatic N) is 4. The zero-order valence-electron chi connectivity index (χ0n) is 18.2. The van der Waals surface area contributed by atoms with Crippen LogP contribution in [0.5, 0.6) is 0 Å². The Morgan fingerprint density at radius 1 is 1.30 bits per heavy atom. The van der Waals surface area contributed by atoms with Gasteiger partial charge in [0.15, 0.2) is 0 Å². The smallest absolute Gasteiger partial charge is 0.247 e. The van der Waals surface area contributed by atoms with Gasteiger partial charge in [0.25, 0.3) is 0 Å². The van der Waals surface area contributed by atoms with Gasteiger partial charge in [-0.2, -0.15) is 5.26 Å². The van der Waals surface area contributed by atoms with Gasteiger partial charge in [-0.25, -0.2) is 9.97 Å². The number of nitriles is 1. The summed E-state index contributed by atoms with van der Waals surface area (Å²) in [6, 6.07) is 13.6. The van der Waals surface area contributed by atoms with E-state index >= 15 is 0 Å². The van der Waals surface area contributed by atoms with Crippen LogP contribution >= 0.6 is 11.3 Å². The van der Waals surface area contributed by atoms with Crippen LogP contribution in [0, 0.1) is 29.6 Å². The van der Waals surface area contributed by atoms with Crippen LogP contribution in [0.15, 0.2) is 48.8 Å². The molecule has 2 aromatic heterocycles. The van der Waals surface area contributed by atoms with Crippen LogP contribution in [-0.4, -0.2) is 28.3 Å². The fourth-order valence-corrected chi connectivity index (χ4v) is 5.27. The maximum absolute atomic E-state index is 13.1. The van der Waals surface area contributed by atoms with Gasteiger partial charge in [0, 0.05) is 30.7 Å². The van der Waals surface area contributed by atoms with E-state index in [1.807, 2.05) is 37.4 Å². The number of aromatic nitrogens is 2. The first-order valence-electron chi connectivity index (χ1n) is 11.0. The minimum absolute atomic E-state index is 0.133. The molecule has 2 aliphatic rings. The van der Waals surface area contributed by atoms with Crippen molar-refractivity contribution in [3.05, 3.63) is 59.4 Å². The van der Waals surface area contributed by atoms with Crippen molar-refractivity contribution in [1.29, 1.82) is 5.26 Å². The Morgan fingerprint density at radius 3 is 2.88 bits per heavy atom. The molecular formula is C25H23N5O2S. The van der Waals surface area contributed by atoms with Crippen LogP contribution in [0.4, 0.5) is 11.5 Å². The third-order valence-electron chi connectivity index (χ3n) is 6.35. The molecule has 1 aliphatic heterocycles. The van der Waals surface area contributed by atoms with E-state index in [2.05, 4.69) is 21.4 Å². The zero-order valence-corrected chi connectivity index (χ0v) is 19.1. The van der Waals surface area contributed by atoms with Crippen molar-refractivity contribution in [3.63, 3.8) is 0 Å². The van der Waals surface area contributed by atoms with Gasteiger partial charge in [-0.3, -0.25) is 9.59 Å². The summed E-state index contributed by atoms with van der Waals surface area (Å²) in [6.45, 7) is 2.47. The van der Waals surface area contributed by atoms with Crippen LogP contribution in [0.1, 0.15) is 29.8 Å². The number of carbonyl (C=O) groups excluding carboxylic acids is 2. The molecule has 33 heavy (non-hydrogen) atoms. The molecule has 166 valence electrons. The number of benzene rings is 1. The predicted molar refractivity (Wildman–Crippen MR) is 127 cm³/mol. The molecule has 1 aliphatic carbocycles. The van der Waals surface area contributed by atoms with Gasteiger partial charge in [0.05, 0.1) is 22.4 Å². The van der Waals surface area contributed by atoms with Crippen LogP contribution in [0.3, 0.4) is 0 Å². The maximum Gasteiger partial charge on any atom is 0.247 e. The van der Waals surface area contributed by atoms with Gasteiger partial charge in [-0.1, -0.05) is 18.2 Å². The number of hydrogen-bond donors (Lipinski definition) is 1. The van der Waals surface area contributed by atoms with E-state index in [0.717, 1.165) is 33.9 Å². The molecule has 3 aromatic rings. The van der Waals surface area contributed by atoms with E-state index in [-0.39, 0.29) is 24.2 Å². The highest BCUT2D eigenvalue weighted by Gasteiger charge is 2.56. The molecule has 0 bridgehead atoms. The second-order valence-electron chi connectivity index (χ2n) is 8.63. The van der Waals surface area contributed by atoms with Crippen molar-refractivity contribution in [2.24, 2.45) is 11.3 Å². The number of aryl methyl sites for hydroxylation is 1. The second-order valence-corrected chi connectivity index (χ2v) is 9.87. The molecule has 7 nitrogen and oxygen atoms in total. The summed E-state index contributed by atoms with van der Waals surface area (Å²) in [5, 5.41) is 13.5. The SMILES string of the molecule is Cc1ncc(-c2cccc(CC(=O)Nc3cc(N4CC[C@@](C#N)(C5CC5)C4=O)ccn3)c2)s1. The number of anilines is 2. The second kappa shape index (κ2) is 8.41. The molecule has 0 spiro atoms. The molecule has 0 unspecified atom stereocenters. The molecule has 2 fully saturated rings. The highest BCUT2D eigenvalue weighted by Crippen LogP contribution is 2.51. The van der Waals surface area contributed by atoms with Gasteiger partial charge in [0.2, 0.25) is 11.8 Å². The molecule has 2 amide bonds. The molecule has 0 radical (unpaired) electrons. The van der Waals surface area contributed by atoms with E-state index in [1.165, 1.54) is 0 Å². The number of rotatable bonds is 6. The normalized spacial score (nSPS) is 20.0. The molecule has 1 saturated heterocycles. The standard InChI is InChI=1S/C25H23N5O2S/c1-16-28-14-21(33-16)18-4-2-3-17(11-18)12-23(31)29-22-13-20(7-9-27-22)30-10-8-25(15-26,24(30)32)19-5-6-19/h2-4,7,9,11,13-14,19H,5-6,8,10,12H2,1H3,(H,27,29,31)/t25-/m1/s1. The summed E-state index contributed by atoms with van der Waals surface area (Å²) < 4.78 is 0. The lowest BCUT2D eigenvalue weighted by molar-refractivity contribution is -0.123. The van der Waals surface area contributed by atoms with Crippen LogP contribution in [-0.2, 0) is 16.0 Å². The summed E-state index contributed by atoms with van der Waals surface area (Å²) in [6.07, 6.45) is 6.06. The zero-order chi connectivity index (χ0) is 23.0. The lowest BCUT2D eigenvalue weighted by Gasteiger charge is -2.21. The van der Waals surface area contributed by atoms with Crippen molar-refractivity contribution in [3.8, 4) is 16.5 Å². The molecule has 3 heterocycles. The lowest BCUT2D eigenvalue weighted by Crippen LogP contribution is -2.35. The number of amides is 2. The molecule has 1 atom stereocenters. The van der Waals surface area contributed by atoms with Gasteiger partial charge in [-0.05, 0) is 55.4 Å². The van der Waals surface area contributed by atoms with Crippen LogP contribution in [0.25, 0.3) is 10.4 Å². The first-order chi connectivity index (χ1) is 16.0. The van der Waals surface area contributed by atoms with Gasteiger partial charge < -0.3 is 10.2 Å². The monoisotopic (exact) mass is 457 g/mol. The van der Waals surface area contributed by atoms with E-state index in [0.29, 0.717) is 24.5 Å². The van der Waals surface area contributed by atoms with E-state index in [9.17, 15) is 14.9 Å². The van der Waals surface area contributed by atoms with Crippen molar-refractivity contribution < 1.29 is 9.59 Å². The molecule has 8 heteroatoms. The topological polar surface area (TPSA) is 99.0 Å². The Labute approximate surface area is 196 Å². The van der Waals surface area contributed by atoms with Crippen molar-refractivity contribution in [1.82, 2.24) is 9.97 Å².